The van der Waals surface area contributed by atoms with Crippen molar-refractivity contribution in [3.05, 3.63) is 72.4 Å². The quantitative estimate of drug-likeness (QED) is 0.760. The number of benzene rings is 2. The molecule has 0 atom stereocenters. The van der Waals surface area contributed by atoms with Gasteiger partial charge in [-0.25, -0.2) is 8.42 Å². The first-order valence-corrected chi connectivity index (χ1v) is 8.42. The molecule has 1 heterocycles. The number of H-pyrrole nitrogens is 1. The minimum absolute atomic E-state index is 0.0534. The Morgan fingerprint density at radius 2 is 1.82 bits per heavy atom. The Labute approximate surface area is 129 Å². The summed E-state index contributed by atoms with van der Waals surface area (Å²) in [5.74, 6) is -0.0534. The highest BCUT2D eigenvalue weighted by Gasteiger charge is 2.12. The van der Waals surface area contributed by atoms with Gasteiger partial charge < -0.3 is 0 Å². The number of aromatic amines is 1. The minimum Gasteiger partial charge on any atom is -0.283 e. The van der Waals surface area contributed by atoms with Gasteiger partial charge in [0, 0.05) is 17.4 Å². The number of anilines is 1. The van der Waals surface area contributed by atoms with Crippen molar-refractivity contribution in [2.24, 2.45) is 0 Å². The second kappa shape index (κ2) is 6.03. The zero-order valence-corrected chi connectivity index (χ0v) is 12.5. The zero-order valence-electron chi connectivity index (χ0n) is 11.7. The molecule has 2 N–H and O–H groups in total. The number of rotatable bonds is 5. The van der Waals surface area contributed by atoms with Crippen LogP contribution < -0.4 is 4.72 Å². The van der Waals surface area contributed by atoms with Crippen molar-refractivity contribution < 1.29 is 8.42 Å². The summed E-state index contributed by atoms with van der Waals surface area (Å²) < 4.78 is 27.1. The third kappa shape index (κ3) is 3.53. The summed E-state index contributed by atoms with van der Waals surface area (Å²) >= 11 is 0. The molecule has 22 heavy (non-hydrogen) atoms. The monoisotopic (exact) mass is 313 g/mol. The summed E-state index contributed by atoms with van der Waals surface area (Å²) in [5.41, 5.74) is 2.99. The maximum atomic E-state index is 12.2. The van der Waals surface area contributed by atoms with Gasteiger partial charge >= 0.3 is 0 Å². The second-order valence-electron chi connectivity index (χ2n) is 4.90. The highest BCUT2D eigenvalue weighted by atomic mass is 32.2. The van der Waals surface area contributed by atoms with Gasteiger partial charge in [-0.3, -0.25) is 9.82 Å². The van der Waals surface area contributed by atoms with E-state index in [9.17, 15) is 8.42 Å². The van der Waals surface area contributed by atoms with Crippen molar-refractivity contribution in [2.75, 3.05) is 4.72 Å². The lowest BCUT2D eigenvalue weighted by molar-refractivity contribution is 0.600. The smallest absolute Gasteiger partial charge is 0.236 e. The third-order valence-corrected chi connectivity index (χ3v) is 4.41. The van der Waals surface area contributed by atoms with Crippen LogP contribution in [0.3, 0.4) is 0 Å². The fraction of sp³-hybridized carbons (Fsp3) is 0.0625. The predicted molar refractivity (Wildman–Crippen MR) is 86.7 cm³/mol. The Hall–Kier alpha value is -2.60. The van der Waals surface area contributed by atoms with Crippen molar-refractivity contribution in [1.29, 1.82) is 0 Å². The van der Waals surface area contributed by atoms with Crippen molar-refractivity contribution in [1.82, 2.24) is 10.2 Å². The summed E-state index contributed by atoms with van der Waals surface area (Å²) in [6.07, 6.45) is 1.65. The van der Waals surface area contributed by atoms with Crippen LogP contribution in [0.15, 0.2) is 66.9 Å². The Balaban J connectivity index is 1.79. The van der Waals surface area contributed by atoms with Crippen molar-refractivity contribution in [3.8, 4) is 11.3 Å². The van der Waals surface area contributed by atoms with Gasteiger partial charge in [-0.1, -0.05) is 42.5 Å². The van der Waals surface area contributed by atoms with E-state index in [0.717, 1.165) is 16.8 Å². The maximum Gasteiger partial charge on any atom is 0.236 e. The molecular weight excluding hydrogens is 298 g/mol. The number of hydrogen-bond acceptors (Lipinski definition) is 3. The van der Waals surface area contributed by atoms with E-state index in [1.807, 2.05) is 30.3 Å². The van der Waals surface area contributed by atoms with Crippen LogP contribution in [0.1, 0.15) is 5.56 Å². The van der Waals surface area contributed by atoms with Gasteiger partial charge in [0.25, 0.3) is 0 Å². The van der Waals surface area contributed by atoms with Crippen LogP contribution in [0.2, 0.25) is 0 Å². The van der Waals surface area contributed by atoms with Crippen LogP contribution in [-0.2, 0) is 15.8 Å². The van der Waals surface area contributed by atoms with E-state index in [2.05, 4.69) is 14.9 Å². The number of sulfonamides is 1. The van der Waals surface area contributed by atoms with E-state index in [1.54, 1.807) is 36.5 Å². The maximum absolute atomic E-state index is 12.2. The molecule has 3 rings (SSSR count). The predicted octanol–water partition coefficient (Wildman–Crippen LogP) is 3.02. The molecule has 0 bridgehead atoms. The highest BCUT2D eigenvalue weighted by molar-refractivity contribution is 7.91. The summed E-state index contributed by atoms with van der Waals surface area (Å²) in [6, 6.07) is 18.1. The van der Waals surface area contributed by atoms with Gasteiger partial charge in [0.15, 0.2) is 0 Å². The van der Waals surface area contributed by atoms with E-state index >= 15 is 0 Å². The van der Waals surface area contributed by atoms with E-state index in [-0.39, 0.29) is 5.75 Å². The molecule has 0 spiro atoms. The number of nitrogens with zero attached hydrogens (tertiary/aromatic N) is 1. The van der Waals surface area contributed by atoms with Crippen molar-refractivity contribution in [2.45, 2.75) is 5.75 Å². The number of hydrogen-bond donors (Lipinski definition) is 2. The first-order valence-electron chi connectivity index (χ1n) is 6.77. The van der Waals surface area contributed by atoms with Gasteiger partial charge in [0.1, 0.15) is 0 Å². The van der Waals surface area contributed by atoms with Gasteiger partial charge in [0.05, 0.1) is 11.4 Å². The SMILES string of the molecule is O=S(=O)(Cc1ccccc1)Nc1cccc(-c2ccn[nH]2)c1. The topological polar surface area (TPSA) is 74.8 Å². The van der Waals surface area contributed by atoms with Crippen molar-refractivity contribution >= 4 is 15.7 Å². The zero-order chi connectivity index (χ0) is 15.4. The minimum atomic E-state index is -3.45. The molecule has 0 radical (unpaired) electrons. The van der Waals surface area contributed by atoms with Crippen LogP contribution in [0.5, 0.6) is 0 Å². The van der Waals surface area contributed by atoms with E-state index in [4.69, 9.17) is 0 Å². The second-order valence-corrected chi connectivity index (χ2v) is 6.62. The molecule has 5 nitrogen and oxygen atoms in total. The molecule has 1 aromatic heterocycles. The Morgan fingerprint density at radius 3 is 2.55 bits per heavy atom. The normalized spacial score (nSPS) is 11.3. The summed E-state index contributed by atoms with van der Waals surface area (Å²) in [5, 5.41) is 6.75. The molecule has 0 saturated heterocycles. The standard InChI is InChI=1S/C16H15N3O2S/c20-22(21,12-13-5-2-1-3-6-13)19-15-8-4-7-14(11-15)16-9-10-17-18-16/h1-11,19H,12H2,(H,17,18). The molecule has 3 aromatic rings. The van der Waals surface area contributed by atoms with E-state index in [0.29, 0.717) is 5.69 Å². The first-order chi connectivity index (χ1) is 10.6. The molecule has 112 valence electrons. The van der Waals surface area contributed by atoms with Gasteiger partial charge in [-0.2, -0.15) is 5.10 Å². The summed E-state index contributed by atoms with van der Waals surface area (Å²) in [7, 11) is -3.45. The molecular formula is C16H15N3O2S. The summed E-state index contributed by atoms with van der Waals surface area (Å²) in [4.78, 5) is 0. The number of aromatic nitrogens is 2. The fourth-order valence-electron chi connectivity index (χ4n) is 2.18. The van der Waals surface area contributed by atoms with Gasteiger partial charge in [-0.05, 0) is 23.8 Å². The van der Waals surface area contributed by atoms with E-state index in [1.165, 1.54) is 0 Å². The lowest BCUT2D eigenvalue weighted by atomic mass is 10.1. The first kappa shape index (κ1) is 14.3. The molecule has 0 unspecified atom stereocenters. The van der Waals surface area contributed by atoms with Crippen LogP contribution in [0.25, 0.3) is 11.3 Å². The van der Waals surface area contributed by atoms with Gasteiger partial charge in [0.2, 0.25) is 10.0 Å². The number of nitrogens with one attached hydrogen (secondary N) is 2. The van der Waals surface area contributed by atoms with Crippen LogP contribution in [0, 0.1) is 0 Å². The lowest BCUT2D eigenvalue weighted by Crippen LogP contribution is -2.15. The molecule has 6 heteroatoms. The molecule has 0 aliphatic carbocycles. The molecule has 0 aliphatic rings. The lowest BCUT2D eigenvalue weighted by Gasteiger charge is -2.09. The Morgan fingerprint density at radius 1 is 1.00 bits per heavy atom. The van der Waals surface area contributed by atoms with Crippen LogP contribution >= 0.6 is 0 Å². The molecule has 0 fully saturated rings. The molecule has 0 saturated carbocycles. The average molecular weight is 313 g/mol. The Bertz CT molecular complexity index is 844. The highest BCUT2D eigenvalue weighted by Crippen LogP contribution is 2.21. The van der Waals surface area contributed by atoms with Crippen molar-refractivity contribution in [3.63, 3.8) is 0 Å². The van der Waals surface area contributed by atoms with Crippen LogP contribution in [-0.4, -0.2) is 18.6 Å². The average Bonchev–Trinajstić information content (AvgIpc) is 3.02. The Kier molecular flexibility index (Phi) is 3.93. The fourth-order valence-corrected chi connectivity index (χ4v) is 3.37. The van der Waals surface area contributed by atoms with Gasteiger partial charge in [-0.15, -0.1) is 0 Å². The third-order valence-electron chi connectivity index (χ3n) is 3.15. The molecule has 2 aromatic carbocycles. The largest absolute Gasteiger partial charge is 0.283 e. The van der Waals surface area contributed by atoms with E-state index < -0.39 is 10.0 Å². The molecule has 0 amide bonds. The summed E-state index contributed by atoms with van der Waals surface area (Å²) in [6.45, 7) is 0. The molecule has 0 aliphatic heterocycles. The van der Waals surface area contributed by atoms with Crippen LogP contribution in [0.4, 0.5) is 5.69 Å².